The van der Waals surface area contributed by atoms with Gasteiger partial charge in [-0.05, 0) is 13.3 Å². The van der Waals surface area contributed by atoms with Crippen molar-refractivity contribution in [3.63, 3.8) is 0 Å². The molecule has 0 radical (unpaired) electrons. The molecule has 0 atom stereocenters. The molecule has 0 spiro atoms. The third kappa shape index (κ3) is 4.76. The van der Waals surface area contributed by atoms with Crippen LogP contribution in [0.25, 0.3) is 0 Å². The average Bonchev–Trinajstić information content (AvgIpc) is 2.37. The Balaban J connectivity index is 2.87. The van der Waals surface area contributed by atoms with Gasteiger partial charge in [0.05, 0.1) is 12.3 Å². The van der Waals surface area contributed by atoms with Gasteiger partial charge in [-0.1, -0.05) is 20.8 Å². The molecule has 0 aliphatic carbocycles. The monoisotopic (exact) mass is 298 g/mol. The van der Waals surface area contributed by atoms with E-state index in [0.29, 0.717) is 28.9 Å². The Morgan fingerprint density at radius 3 is 2.60 bits per heavy atom. The summed E-state index contributed by atoms with van der Waals surface area (Å²) >= 11 is 1.41. The van der Waals surface area contributed by atoms with Gasteiger partial charge in [-0.25, -0.2) is 14.8 Å². The van der Waals surface area contributed by atoms with Gasteiger partial charge < -0.3 is 9.84 Å². The first-order chi connectivity index (χ1) is 9.47. The van der Waals surface area contributed by atoms with Crippen LogP contribution in [0.4, 0.5) is 0 Å². The zero-order valence-electron chi connectivity index (χ0n) is 12.5. The molecule has 0 aliphatic rings. The summed E-state index contributed by atoms with van der Waals surface area (Å²) in [5.74, 6) is 0.570. The van der Waals surface area contributed by atoms with Gasteiger partial charge in [0.2, 0.25) is 0 Å². The number of thioether (sulfide) groups is 1. The maximum Gasteiger partial charge on any atom is 0.340 e. The van der Waals surface area contributed by atoms with Crippen molar-refractivity contribution in [3.8, 4) is 0 Å². The predicted octanol–water partition coefficient (Wildman–Crippen LogP) is 3.13. The molecule has 0 amide bonds. The van der Waals surface area contributed by atoms with Crippen molar-refractivity contribution in [1.29, 1.82) is 0 Å². The molecule has 5 nitrogen and oxygen atoms in total. The number of rotatable bonds is 8. The Labute approximate surface area is 124 Å². The molecule has 1 N–H and O–H groups in total. The van der Waals surface area contributed by atoms with Crippen LogP contribution in [-0.2, 0) is 4.74 Å². The van der Waals surface area contributed by atoms with E-state index in [1.165, 1.54) is 11.8 Å². The molecular weight excluding hydrogens is 276 g/mol. The van der Waals surface area contributed by atoms with E-state index in [0.717, 1.165) is 13.0 Å². The van der Waals surface area contributed by atoms with E-state index in [1.54, 1.807) is 6.92 Å². The fourth-order valence-electron chi connectivity index (χ4n) is 1.62. The topological polar surface area (TPSA) is 72.3 Å². The molecule has 1 aromatic rings. The summed E-state index contributed by atoms with van der Waals surface area (Å²) in [6.45, 7) is 9.08. The van der Waals surface area contributed by atoms with Crippen LogP contribution in [0.2, 0.25) is 0 Å². The van der Waals surface area contributed by atoms with Gasteiger partial charge in [0, 0.05) is 18.3 Å². The highest BCUT2D eigenvalue weighted by Gasteiger charge is 2.19. The summed E-state index contributed by atoms with van der Waals surface area (Å²) in [5.41, 5.74) is 0.725. The van der Waals surface area contributed by atoms with Crippen LogP contribution in [0.3, 0.4) is 0 Å². The summed E-state index contributed by atoms with van der Waals surface area (Å²) in [7, 11) is 0. The van der Waals surface area contributed by atoms with E-state index >= 15 is 0 Å². The van der Waals surface area contributed by atoms with Crippen molar-refractivity contribution < 1.29 is 14.6 Å². The molecule has 0 fully saturated rings. The summed E-state index contributed by atoms with van der Waals surface area (Å²) < 4.78 is 5.40. The molecule has 1 heterocycles. The third-order valence-corrected chi connectivity index (χ3v) is 3.56. The largest absolute Gasteiger partial charge is 0.478 e. The maximum absolute atomic E-state index is 11.3. The minimum atomic E-state index is -0.977. The van der Waals surface area contributed by atoms with Gasteiger partial charge in [0.1, 0.15) is 16.4 Å². The van der Waals surface area contributed by atoms with Crippen LogP contribution < -0.4 is 0 Å². The molecule has 6 heteroatoms. The Kier molecular flexibility index (Phi) is 6.95. The Morgan fingerprint density at radius 1 is 1.35 bits per heavy atom. The zero-order chi connectivity index (χ0) is 15.1. The summed E-state index contributed by atoms with van der Waals surface area (Å²) in [5, 5.41) is 9.83. The molecule has 0 aromatic carbocycles. The average molecular weight is 298 g/mol. The van der Waals surface area contributed by atoms with E-state index in [9.17, 15) is 9.90 Å². The lowest BCUT2D eigenvalue weighted by Gasteiger charge is -2.12. The molecule has 0 saturated heterocycles. The van der Waals surface area contributed by atoms with Gasteiger partial charge in [-0.3, -0.25) is 0 Å². The quantitative estimate of drug-likeness (QED) is 0.451. The van der Waals surface area contributed by atoms with Crippen LogP contribution in [-0.4, -0.2) is 40.0 Å². The first-order valence-electron chi connectivity index (χ1n) is 6.79. The van der Waals surface area contributed by atoms with Gasteiger partial charge >= 0.3 is 5.97 Å². The standard InChI is InChI=1S/C14H22N2O3S/c1-5-6-19-7-8-20-13-11(14(17)18)10(4)15-12(16-13)9(2)3/h9H,5-8H2,1-4H3,(H,17,18). The van der Waals surface area contributed by atoms with E-state index in [4.69, 9.17) is 4.74 Å². The Bertz CT molecular complexity index is 464. The summed E-state index contributed by atoms with van der Waals surface area (Å²) in [6.07, 6.45) is 0.981. The second-order valence-corrected chi connectivity index (χ2v) is 5.85. The second-order valence-electron chi connectivity index (χ2n) is 4.77. The number of carboxylic acids is 1. The van der Waals surface area contributed by atoms with Crippen molar-refractivity contribution >= 4 is 17.7 Å². The number of hydrogen-bond donors (Lipinski definition) is 1. The number of carbonyl (C=O) groups is 1. The molecular formula is C14H22N2O3S. The molecule has 0 aliphatic heterocycles. The second kappa shape index (κ2) is 8.21. The van der Waals surface area contributed by atoms with Crippen LogP contribution >= 0.6 is 11.8 Å². The lowest BCUT2D eigenvalue weighted by Crippen LogP contribution is -2.11. The molecule has 0 unspecified atom stereocenters. The van der Waals surface area contributed by atoms with E-state index in [-0.39, 0.29) is 11.5 Å². The number of aromatic nitrogens is 2. The maximum atomic E-state index is 11.3. The van der Waals surface area contributed by atoms with Crippen LogP contribution in [0.5, 0.6) is 0 Å². The predicted molar refractivity (Wildman–Crippen MR) is 79.7 cm³/mol. The molecule has 1 aromatic heterocycles. The van der Waals surface area contributed by atoms with Crippen LogP contribution in [0.1, 0.15) is 55.0 Å². The molecule has 0 bridgehead atoms. The molecule has 0 saturated carbocycles. The molecule has 1 rings (SSSR count). The van der Waals surface area contributed by atoms with Crippen molar-refractivity contribution in [2.75, 3.05) is 19.0 Å². The third-order valence-electron chi connectivity index (χ3n) is 2.62. The summed E-state index contributed by atoms with van der Waals surface area (Å²) in [4.78, 5) is 20.0. The number of aryl methyl sites for hydroxylation is 1. The molecule has 20 heavy (non-hydrogen) atoms. The number of nitrogens with zero attached hydrogens (tertiary/aromatic N) is 2. The first-order valence-corrected chi connectivity index (χ1v) is 7.78. The SMILES string of the molecule is CCCOCCSc1nc(C(C)C)nc(C)c1C(=O)O. The van der Waals surface area contributed by atoms with Gasteiger partial charge in [0.25, 0.3) is 0 Å². The zero-order valence-corrected chi connectivity index (χ0v) is 13.3. The van der Waals surface area contributed by atoms with E-state index in [1.807, 2.05) is 13.8 Å². The van der Waals surface area contributed by atoms with Crippen molar-refractivity contribution in [2.45, 2.75) is 45.1 Å². The number of ether oxygens (including phenoxy) is 1. The Hall–Kier alpha value is -1.14. The molecule has 112 valence electrons. The van der Waals surface area contributed by atoms with Crippen molar-refractivity contribution in [2.24, 2.45) is 0 Å². The van der Waals surface area contributed by atoms with Crippen molar-refractivity contribution in [1.82, 2.24) is 9.97 Å². The van der Waals surface area contributed by atoms with Gasteiger partial charge in [0.15, 0.2) is 0 Å². The summed E-state index contributed by atoms with van der Waals surface area (Å²) in [6, 6.07) is 0. The van der Waals surface area contributed by atoms with Gasteiger partial charge in [-0.2, -0.15) is 0 Å². The lowest BCUT2D eigenvalue weighted by molar-refractivity contribution is 0.0690. The lowest BCUT2D eigenvalue weighted by atomic mass is 10.2. The number of aromatic carboxylic acids is 1. The fraction of sp³-hybridized carbons (Fsp3) is 0.643. The normalized spacial score (nSPS) is 11.1. The minimum Gasteiger partial charge on any atom is -0.478 e. The highest BCUT2D eigenvalue weighted by molar-refractivity contribution is 7.99. The minimum absolute atomic E-state index is 0.173. The van der Waals surface area contributed by atoms with Crippen LogP contribution in [0.15, 0.2) is 5.03 Å². The number of hydrogen-bond acceptors (Lipinski definition) is 5. The van der Waals surface area contributed by atoms with E-state index in [2.05, 4.69) is 16.9 Å². The fourth-order valence-corrected chi connectivity index (χ4v) is 2.55. The number of carboxylic acid groups (broad SMARTS) is 1. The van der Waals surface area contributed by atoms with Crippen LogP contribution in [0, 0.1) is 6.92 Å². The van der Waals surface area contributed by atoms with Crippen molar-refractivity contribution in [3.05, 3.63) is 17.1 Å². The highest BCUT2D eigenvalue weighted by Crippen LogP contribution is 2.24. The van der Waals surface area contributed by atoms with E-state index < -0.39 is 5.97 Å². The Morgan fingerprint density at radius 2 is 2.05 bits per heavy atom. The first kappa shape index (κ1) is 16.9. The smallest absolute Gasteiger partial charge is 0.340 e. The van der Waals surface area contributed by atoms with Gasteiger partial charge in [-0.15, -0.1) is 11.8 Å². The highest BCUT2D eigenvalue weighted by atomic mass is 32.2.